The van der Waals surface area contributed by atoms with Crippen LogP contribution < -0.4 is 0 Å². The average molecular weight is 427 g/mol. The second-order valence-electron chi connectivity index (χ2n) is 7.46. The maximum atomic E-state index is 13.1. The first-order valence-electron chi connectivity index (χ1n) is 9.80. The number of hydrogen-bond acceptors (Lipinski definition) is 7. The molecule has 2 aromatic rings. The molecule has 2 amide bonds. The van der Waals surface area contributed by atoms with Crippen LogP contribution in [0.3, 0.4) is 0 Å². The number of imide groups is 1. The van der Waals surface area contributed by atoms with E-state index in [1.165, 1.54) is 4.90 Å². The summed E-state index contributed by atoms with van der Waals surface area (Å²) in [7, 11) is 0. The highest BCUT2D eigenvalue weighted by molar-refractivity contribution is 7.80. The Morgan fingerprint density at radius 2 is 1.67 bits per heavy atom. The van der Waals surface area contributed by atoms with Crippen molar-refractivity contribution < 1.29 is 28.5 Å². The molecule has 3 aliphatic rings. The summed E-state index contributed by atoms with van der Waals surface area (Å²) >= 11 is 4.59. The molecule has 2 fully saturated rings. The van der Waals surface area contributed by atoms with Gasteiger partial charge >= 0.3 is 0 Å². The van der Waals surface area contributed by atoms with Gasteiger partial charge in [-0.15, -0.1) is 12.6 Å². The van der Waals surface area contributed by atoms with Gasteiger partial charge in [0.05, 0.1) is 24.3 Å². The van der Waals surface area contributed by atoms with Gasteiger partial charge in [0.2, 0.25) is 0 Å². The van der Waals surface area contributed by atoms with Gasteiger partial charge in [-0.3, -0.25) is 14.5 Å². The zero-order chi connectivity index (χ0) is 20.7. The Morgan fingerprint density at radius 1 is 1.00 bits per heavy atom. The molecule has 0 saturated carbocycles. The van der Waals surface area contributed by atoms with E-state index < -0.39 is 29.8 Å². The predicted octanol–water partition coefficient (Wildman–Crippen LogP) is 2.26. The molecule has 7 nitrogen and oxygen atoms in total. The van der Waals surface area contributed by atoms with Gasteiger partial charge in [0, 0.05) is 0 Å². The molecule has 8 heteroatoms. The van der Waals surface area contributed by atoms with Crippen LogP contribution in [0.4, 0.5) is 0 Å². The molecule has 0 spiro atoms. The largest absolute Gasteiger partial charge is 0.368 e. The molecule has 30 heavy (non-hydrogen) atoms. The molecule has 5 atom stereocenters. The van der Waals surface area contributed by atoms with Crippen molar-refractivity contribution in [3.05, 3.63) is 71.3 Å². The summed E-state index contributed by atoms with van der Waals surface area (Å²) in [5.74, 6) is -0.746. The molecular weight excluding hydrogens is 406 g/mol. The lowest BCUT2D eigenvalue weighted by atomic mass is 9.95. The average Bonchev–Trinajstić information content (AvgIpc) is 3.03. The van der Waals surface area contributed by atoms with Gasteiger partial charge in [-0.1, -0.05) is 42.5 Å². The van der Waals surface area contributed by atoms with E-state index in [4.69, 9.17) is 18.9 Å². The summed E-state index contributed by atoms with van der Waals surface area (Å²) < 4.78 is 23.4. The first-order chi connectivity index (χ1) is 14.6. The monoisotopic (exact) mass is 427 g/mol. The topological polar surface area (TPSA) is 74.3 Å². The second kappa shape index (κ2) is 8.13. The molecule has 5 rings (SSSR count). The van der Waals surface area contributed by atoms with Gasteiger partial charge in [-0.05, 0) is 17.7 Å². The number of benzene rings is 2. The van der Waals surface area contributed by atoms with Crippen molar-refractivity contribution in [2.24, 2.45) is 0 Å². The Bertz CT molecular complexity index is 919. The molecule has 156 valence electrons. The van der Waals surface area contributed by atoms with Crippen molar-refractivity contribution in [3.8, 4) is 0 Å². The number of carbonyl (C=O) groups excluding carboxylic acids is 2. The zero-order valence-electron chi connectivity index (χ0n) is 16.0. The summed E-state index contributed by atoms with van der Waals surface area (Å²) in [4.78, 5) is 27.5. The number of thiol groups is 1. The van der Waals surface area contributed by atoms with Crippen LogP contribution in [0.2, 0.25) is 0 Å². The number of amides is 2. The van der Waals surface area contributed by atoms with E-state index in [1.807, 2.05) is 30.3 Å². The van der Waals surface area contributed by atoms with Crippen LogP contribution in [-0.4, -0.2) is 59.9 Å². The SMILES string of the molecule is O=C1c2ccccc2C(=O)N1[C@@H]1[C@@H](OCc2ccccc2)[C@H]2OCOC[C@H]2O[C@H]1S. The lowest BCUT2D eigenvalue weighted by Gasteiger charge is -2.48. The van der Waals surface area contributed by atoms with E-state index >= 15 is 0 Å². The van der Waals surface area contributed by atoms with Crippen LogP contribution in [0, 0.1) is 0 Å². The van der Waals surface area contributed by atoms with E-state index in [0.29, 0.717) is 24.3 Å². The molecule has 0 unspecified atom stereocenters. The van der Waals surface area contributed by atoms with E-state index in [2.05, 4.69) is 12.6 Å². The number of nitrogens with zero attached hydrogens (tertiary/aromatic N) is 1. The summed E-state index contributed by atoms with van der Waals surface area (Å²) in [6, 6.07) is 15.7. The Balaban J connectivity index is 1.48. The molecular formula is C22H21NO6S. The third kappa shape index (κ3) is 3.34. The summed E-state index contributed by atoms with van der Waals surface area (Å²) in [5, 5.41) is 0. The maximum absolute atomic E-state index is 13.1. The Morgan fingerprint density at radius 3 is 2.37 bits per heavy atom. The maximum Gasteiger partial charge on any atom is 0.262 e. The lowest BCUT2D eigenvalue weighted by molar-refractivity contribution is -0.277. The second-order valence-corrected chi connectivity index (χ2v) is 7.97. The number of carbonyl (C=O) groups is 2. The summed E-state index contributed by atoms with van der Waals surface area (Å²) in [6.45, 7) is 0.739. The predicted molar refractivity (Wildman–Crippen MR) is 109 cm³/mol. The number of hydrogen-bond donors (Lipinski definition) is 1. The first-order valence-corrected chi connectivity index (χ1v) is 10.3. The normalized spacial score (nSPS) is 30.8. The van der Waals surface area contributed by atoms with E-state index in [1.54, 1.807) is 24.3 Å². The third-order valence-electron chi connectivity index (χ3n) is 5.67. The van der Waals surface area contributed by atoms with Crippen molar-refractivity contribution in [1.29, 1.82) is 0 Å². The van der Waals surface area contributed by atoms with E-state index in [0.717, 1.165) is 5.56 Å². The highest BCUT2D eigenvalue weighted by Crippen LogP contribution is 2.37. The van der Waals surface area contributed by atoms with Gasteiger partial charge in [0.25, 0.3) is 11.8 Å². The van der Waals surface area contributed by atoms with Gasteiger partial charge < -0.3 is 18.9 Å². The minimum Gasteiger partial charge on any atom is -0.368 e. The minimum atomic E-state index is -0.746. The zero-order valence-corrected chi connectivity index (χ0v) is 16.9. The van der Waals surface area contributed by atoms with Crippen LogP contribution in [0.25, 0.3) is 0 Å². The van der Waals surface area contributed by atoms with Crippen molar-refractivity contribution >= 4 is 24.4 Å². The minimum absolute atomic E-state index is 0.0990. The van der Waals surface area contributed by atoms with Gasteiger partial charge in [0.15, 0.2) is 0 Å². The molecule has 3 aliphatic heterocycles. The van der Waals surface area contributed by atoms with Crippen molar-refractivity contribution in [2.45, 2.75) is 36.4 Å². The molecule has 2 aromatic carbocycles. The molecule has 0 aliphatic carbocycles. The van der Waals surface area contributed by atoms with E-state index in [9.17, 15) is 9.59 Å². The lowest BCUT2D eigenvalue weighted by Crippen LogP contribution is -2.66. The van der Waals surface area contributed by atoms with Crippen LogP contribution in [-0.2, 0) is 25.6 Å². The Labute approximate surface area is 179 Å². The number of rotatable bonds is 4. The summed E-state index contributed by atoms with van der Waals surface area (Å²) in [6.07, 6.45) is -1.49. The molecule has 3 heterocycles. The van der Waals surface area contributed by atoms with Crippen LogP contribution in [0.15, 0.2) is 54.6 Å². The fourth-order valence-corrected chi connectivity index (χ4v) is 4.70. The standard InChI is InChI=1S/C22H21NO6S/c24-20-14-8-4-5-9-15(14)21(25)23(20)17-19(27-10-13-6-2-1-3-7-13)18-16(29-22(17)30)11-26-12-28-18/h1-9,16-19,22,30H,10-12H2/t16-,17-,18+,19-,22+/m1/s1. The molecule has 0 bridgehead atoms. The number of ether oxygens (including phenoxy) is 4. The van der Waals surface area contributed by atoms with Crippen molar-refractivity contribution in [1.82, 2.24) is 4.90 Å². The fourth-order valence-electron chi connectivity index (χ4n) is 4.25. The molecule has 0 N–H and O–H groups in total. The van der Waals surface area contributed by atoms with Gasteiger partial charge in [-0.2, -0.15) is 0 Å². The quantitative estimate of drug-likeness (QED) is 0.596. The number of fused-ring (bicyclic) bond motifs is 2. The van der Waals surface area contributed by atoms with E-state index in [-0.39, 0.29) is 18.6 Å². The van der Waals surface area contributed by atoms with Crippen LogP contribution >= 0.6 is 12.6 Å². The molecule has 0 radical (unpaired) electrons. The van der Waals surface area contributed by atoms with Crippen LogP contribution in [0.1, 0.15) is 26.3 Å². The fraction of sp³-hybridized carbons (Fsp3) is 0.364. The molecule has 2 saturated heterocycles. The highest BCUT2D eigenvalue weighted by Gasteiger charge is 2.54. The third-order valence-corrected chi connectivity index (χ3v) is 6.10. The Hall–Kier alpha value is -2.23. The van der Waals surface area contributed by atoms with Gasteiger partial charge in [-0.25, -0.2) is 0 Å². The van der Waals surface area contributed by atoms with Crippen LogP contribution in [0.5, 0.6) is 0 Å². The summed E-state index contributed by atoms with van der Waals surface area (Å²) in [5.41, 5.74) is 0.990. The smallest absolute Gasteiger partial charge is 0.262 e. The van der Waals surface area contributed by atoms with Gasteiger partial charge in [0.1, 0.15) is 36.6 Å². The van der Waals surface area contributed by atoms with Crippen molar-refractivity contribution in [3.63, 3.8) is 0 Å². The highest BCUT2D eigenvalue weighted by atomic mass is 32.1. The Kier molecular flexibility index (Phi) is 5.34. The first kappa shape index (κ1) is 19.7. The molecule has 0 aromatic heterocycles. The van der Waals surface area contributed by atoms with Crippen molar-refractivity contribution in [2.75, 3.05) is 13.4 Å².